The van der Waals surface area contributed by atoms with Crippen molar-refractivity contribution in [3.63, 3.8) is 0 Å². The lowest BCUT2D eigenvalue weighted by molar-refractivity contribution is 0.794. The van der Waals surface area contributed by atoms with Crippen molar-refractivity contribution in [3.05, 3.63) is 168 Å². The Morgan fingerprint density at radius 3 is 1.63 bits per heavy atom. The van der Waals surface area contributed by atoms with Crippen molar-refractivity contribution < 1.29 is 0 Å². The van der Waals surface area contributed by atoms with Crippen LogP contribution < -0.4 is 0 Å². The van der Waals surface area contributed by atoms with Gasteiger partial charge in [0.25, 0.3) is 0 Å². The first-order valence-electron chi connectivity index (χ1n) is 14.2. The maximum Gasteiger partial charge on any atom is 0.111 e. The first-order valence-corrected chi connectivity index (χ1v) is 14.2. The highest BCUT2D eigenvalue weighted by Gasteiger charge is 2.51. The Bertz CT molecular complexity index is 2100. The highest BCUT2D eigenvalue weighted by molar-refractivity contribution is 5.95. The van der Waals surface area contributed by atoms with E-state index < -0.39 is 0 Å². The summed E-state index contributed by atoms with van der Waals surface area (Å²) >= 11 is 0. The summed E-state index contributed by atoms with van der Waals surface area (Å²) in [5.74, 6) is 0.995. The Hall–Kier alpha value is -5.21. The van der Waals surface area contributed by atoms with Crippen LogP contribution in [0.5, 0.6) is 0 Å². The van der Waals surface area contributed by atoms with Gasteiger partial charge in [-0.2, -0.15) is 0 Å². The topological polar surface area (TPSA) is 17.8 Å². The molecule has 2 aliphatic carbocycles. The summed E-state index contributed by atoms with van der Waals surface area (Å²) in [6, 6.07) is 51.3. The Morgan fingerprint density at radius 2 is 1.00 bits per heavy atom. The number of aryl methyl sites for hydroxylation is 1. The van der Waals surface area contributed by atoms with E-state index >= 15 is 0 Å². The monoisotopic (exact) mass is 522 g/mol. The van der Waals surface area contributed by atoms with E-state index in [2.05, 4.69) is 145 Å². The van der Waals surface area contributed by atoms with Crippen LogP contribution in [0.1, 0.15) is 28.1 Å². The molecule has 0 N–H and O–H groups in total. The van der Waals surface area contributed by atoms with Crippen molar-refractivity contribution in [2.75, 3.05) is 0 Å². The van der Waals surface area contributed by atoms with Gasteiger partial charge in [0.15, 0.2) is 0 Å². The van der Waals surface area contributed by atoms with E-state index in [9.17, 15) is 0 Å². The third-order valence-electron chi connectivity index (χ3n) is 9.18. The van der Waals surface area contributed by atoms with Gasteiger partial charge in [-0.15, -0.1) is 0 Å². The van der Waals surface area contributed by atoms with Gasteiger partial charge in [-0.25, -0.2) is 4.98 Å². The highest BCUT2D eigenvalue weighted by Crippen LogP contribution is 2.62. The number of imidazole rings is 1. The lowest BCUT2D eigenvalue weighted by Gasteiger charge is -2.30. The number of rotatable bonds is 2. The zero-order valence-corrected chi connectivity index (χ0v) is 22.7. The minimum Gasteiger partial charge on any atom is -0.297 e. The Labute approximate surface area is 239 Å². The van der Waals surface area contributed by atoms with E-state index in [1.807, 2.05) is 6.07 Å². The molecular formula is C39H26N2. The molecule has 9 rings (SSSR count). The van der Waals surface area contributed by atoms with Gasteiger partial charge >= 0.3 is 0 Å². The van der Waals surface area contributed by atoms with Gasteiger partial charge in [0.05, 0.1) is 16.4 Å². The Kier molecular flexibility index (Phi) is 4.49. The predicted molar refractivity (Wildman–Crippen MR) is 168 cm³/mol. The number of aromatic nitrogens is 2. The molecule has 0 amide bonds. The first kappa shape index (κ1) is 22.6. The molecule has 41 heavy (non-hydrogen) atoms. The molecule has 0 radical (unpaired) electrons. The number of para-hydroxylation sites is 2. The van der Waals surface area contributed by atoms with E-state index in [0.717, 1.165) is 22.5 Å². The van der Waals surface area contributed by atoms with Crippen molar-refractivity contribution >= 4 is 11.0 Å². The zero-order chi connectivity index (χ0) is 27.1. The summed E-state index contributed by atoms with van der Waals surface area (Å²) in [5, 5.41) is 0. The third kappa shape index (κ3) is 2.89. The SMILES string of the molecule is Cc1nc2ccccc2n1-c1ccc(-c2ccc3c(c2)C2(c4ccccc4-c4ccccc42)c2ccccc2-3)cc1. The smallest absolute Gasteiger partial charge is 0.111 e. The van der Waals surface area contributed by atoms with E-state index in [0.29, 0.717) is 0 Å². The maximum absolute atomic E-state index is 4.77. The predicted octanol–water partition coefficient (Wildman–Crippen LogP) is 9.34. The molecule has 0 bridgehead atoms. The summed E-state index contributed by atoms with van der Waals surface area (Å²) in [7, 11) is 0. The lowest BCUT2D eigenvalue weighted by atomic mass is 9.70. The zero-order valence-electron chi connectivity index (χ0n) is 22.7. The van der Waals surface area contributed by atoms with Crippen LogP contribution in [0.3, 0.4) is 0 Å². The molecule has 1 heterocycles. The molecule has 0 atom stereocenters. The molecule has 0 fully saturated rings. The average Bonchev–Trinajstić information content (AvgIpc) is 3.64. The van der Waals surface area contributed by atoms with Gasteiger partial charge in [0.2, 0.25) is 0 Å². The Morgan fingerprint density at radius 1 is 0.488 bits per heavy atom. The number of nitrogens with zero attached hydrogens (tertiary/aromatic N) is 2. The second kappa shape index (κ2) is 8.16. The fourth-order valence-electron chi connectivity index (χ4n) is 7.55. The van der Waals surface area contributed by atoms with Crippen LogP contribution in [0.2, 0.25) is 0 Å². The molecule has 0 unspecified atom stereocenters. The van der Waals surface area contributed by atoms with Gasteiger partial charge in [0.1, 0.15) is 5.82 Å². The van der Waals surface area contributed by atoms with Crippen LogP contribution in [-0.2, 0) is 5.41 Å². The summed E-state index contributed by atoms with van der Waals surface area (Å²) in [5.41, 5.74) is 16.2. The molecule has 0 saturated heterocycles. The van der Waals surface area contributed by atoms with Gasteiger partial charge in [0, 0.05) is 5.69 Å². The lowest BCUT2D eigenvalue weighted by Crippen LogP contribution is -2.25. The van der Waals surface area contributed by atoms with Crippen LogP contribution in [0.15, 0.2) is 140 Å². The highest BCUT2D eigenvalue weighted by atomic mass is 15.1. The third-order valence-corrected chi connectivity index (χ3v) is 9.18. The standard InChI is InChI=1S/C39H26N2/c1-25-40-37-16-8-9-17-38(37)41(25)28-21-18-26(19-22-28)27-20-23-32-31-12-4-7-15-35(31)39(36(32)24-27)33-13-5-2-10-29(33)30-11-3-6-14-34(30)39/h2-24H,1H3. The van der Waals surface area contributed by atoms with Crippen LogP contribution in [0.25, 0.3) is 50.1 Å². The van der Waals surface area contributed by atoms with Crippen molar-refractivity contribution in [2.24, 2.45) is 0 Å². The maximum atomic E-state index is 4.77. The molecular weight excluding hydrogens is 496 g/mol. The largest absolute Gasteiger partial charge is 0.297 e. The van der Waals surface area contributed by atoms with E-state index in [-0.39, 0.29) is 5.41 Å². The van der Waals surface area contributed by atoms with E-state index in [1.165, 1.54) is 55.6 Å². The molecule has 7 aromatic rings. The van der Waals surface area contributed by atoms with Crippen LogP contribution in [0, 0.1) is 6.92 Å². The second-order valence-corrected chi connectivity index (χ2v) is 11.2. The van der Waals surface area contributed by atoms with Crippen LogP contribution >= 0.6 is 0 Å². The number of hydrogen-bond acceptors (Lipinski definition) is 1. The van der Waals surface area contributed by atoms with Gasteiger partial charge in [-0.05, 0) is 92.9 Å². The molecule has 2 nitrogen and oxygen atoms in total. The summed E-state index contributed by atoms with van der Waals surface area (Å²) in [6.45, 7) is 2.07. The number of benzene rings is 6. The molecule has 0 saturated carbocycles. The number of fused-ring (bicyclic) bond motifs is 11. The van der Waals surface area contributed by atoms with Crippen LogP contribution in [-0.4, -0.2) is 9.55 Å². The molecule has 6 aromatic carbocycles. The molecule has 192 valence electrons. The van der Waals surface area contributed by atoms with Crippen molar-refractivity contribution in [2.45, 2.75) is 12.3 Å². The van der Waals surface area contributed by atoms with E-state index in [4.69, 9.17) is 4.98 Å². The minimum absolute atomic E-state index is 0.318. The quantitative estimate of drug-likeness (QED) is 0.221. The van der Waals surface area contributed by atoms with Gasteiger partial charge < -0.3 is 0 Å². The van der Waals surface area contributed by atoms with Crippen molar-refractivity contribution in [1.29, 1.82) is 0 Å². The molecule has 2 heteroatoms. The van der Waals surface area contributed by atoms with E-state index in [1.54, 1.807) is 0 Å². The first-order chi connectivity index (χ1) is 20.2. The summed E-state index contributed by atoms with van der Waals surface area (Å²) in [4.78, 5) is 4.77. The second-order valence-electron chi connectivity index (χ2n) is 11.2. The van der Waals surface area contributed by atoms with Crippen molar-refractivity contribution in [3.8, 4) is 39.1 Å². The number of hydrogen-bond donors (Lipinski definition) is 0. The molecule has 1 spiro atoms. The normalized spacial score (nSPS) is 13.7. The fraction of sp³-hybridized carbons (Fsp3) is 0.0513. The minimum atomic E-state index is -0.318. The molecule has 1 aromatic heterocycles. The average molecular weight is 523 g/mol. The van der Waals surface area contributed by atoms with Gasteiger partial charge in [-0.3, -0.25) is 4.57 Å². The summed E-state index contributed by atoms with van der Waals surface area (Å²) in [6.07, 6.45) is 0. The summed E-state index contributed by atoms with van der Waals surface area (Å²) < 4.78 is 2.24. The van der Waals surface area contributed by atoms with Gasteiger partial charge in [-0.1, -0.05) is 109 Å². The van der Waals surface area contributed by atoms with Crippen LogP contribution in [0.4, 0.5) is 0 Å². The molecule has 0 aliphatic heterocycles. The Balaban J connectivity index is 1.24. The van der Waals surface area contributed by atoms with Crippen molar-refractivity contribution in [1.82, 2.24) is 9.55 Å². The fourth-order valence-corrected chi connectivity index (χ4v) is 7.55. The molecule has 2 aliphatic rings.